The summed E-state index contributed by atoms with van der Waals surface area (Å²) in [6.45, 7) is 3.91. The summed E-state index contributed by atoms with van der Waals surface area (Å²) in [7, 11) is 0. The maximum Gasteiger partial charge on any atom is 0.319 e. The highest BCUT2D eigenvalue weighted by atomic mass is 32.2. The van der Waals surface area contributed by atoms with Crippen LogP contribution in [0.1, 0.15) is 32.1 Å². The number of carbonyl (C=O) groups excluding carboxylic acids is 1. The van der Waals surface area contributed by atoms with Crippen molar-refractivity contribution in [1.82, 2.24) is 5.32 Å². The van der Waals surface area contributed by atoms with E-state index in [1.807, 2.05) is 31.2 Å². The number of anilines is 1. The molecule has 1 aromatic heterocycles. The lowest BCUT2D eigenvalue weighted by molar-refractivity contribution is 0.130. The van der Waals surface area contributed by atoms with Crippen molar-refractivity contribution in [1.29, 1.82) is 0 Å². The van der Waals surface area contributed by atoms with Gasteiger partial charge in [-0.1, -0.05) is 19.1 Å². The number of furan rings is 1. The molecule has 23 heavy (non-hydrogen) atoms. The Labute approximate surface area is 140 Å². The van der Waals surface area contributed by atoms with Gasteiger partial charge in [0.1, 0.15) is 11.9 Å². The van der Waals surface area contributed by atoms with Gasteiger partial charge in [0.25, 0.3) is 0 Å². The zero-order valence-corrected chi connectivity index (χ0v) is 14.1. The Morgan fingerprint density at radius 2 is 2.09 bits per heavy atom. The third kappa shape index (κ3) is 5.33. The molecule has 2 atom stereocenters. The van der Waals surface area contributed by atoms with Gasteiger partial charge < -0.3 is 20.2 Å². The molecule has 3 N–H and O–H groups in total. The van der Waals surface area contributed by atoms with E-state index in [0.717, 1.165) is 16.3 Å². The van der Waals surface area contributed by atoms with E-state index in [1.54, 1.807) is 23.9 Å². The van der Waals surface area contributed by atoms with Gasteiger partial charge in [-0.25, -0.2) is 4.79 Å². The predicted molar refractivity (Wildman–Crippen MR) is 92.7 cm³/mol. The molecule has 2 rings (SSSR count). The van der Waals surface area contributed by atoms with Crippen LogP contribution >= 0.6 is 11.8 Å². The van der Waals surface area contributed by atoms with Crippen molar-refractivity contribution < 1.29 is 14.3 Å². The summed E-state index contributed by atoms with van der Waals surface area (Å²) >= 11 is 1.68. The molecule has 1 heterocycles. The second kappa shape index (κ2) is 8.64. The predicted octanol–water partition coefficient (Wildman–Crippen LogP) is 4.03. The minimum Gasteiger partial charge on any atom is -0.467 e. The minimum absolute atomic E-state index is 0.193. The largest absolute Gasteiger partial charge is 0.467 e. The first-order chi connectivity index (χ1) is 11.1. The monoisotopic (exact) mass is 334 g/mol. The SMILES string of the molecule is CCSc1ccccc1NC(=O)NC(C)CC(O)c1ccco1. The third-order valence-corrected chi connectivity index (χ3v) is 4.22. The normalized spacial score (nSPS) is 13.3. The molecular formula is C17H22N2O3S. The molecule has 0 bridgehead atoms. The molecule has 0 fully saturated rings. The second-order valence-electron chi connectivity index (χ2n) is 5.20. The number of hydrogen-bond donors (Lipinski definition) is 3. The molecule has 6 heteroatoms. The van der Waals surface area contributed by atoms with Crippen LogP contribution in [0.2, 0.25) is 0 Å². The summed E-state index contributed by atoms with van der Waals surface area (Å²) in [6.07, 6.45) is 1.17. The van der Waals surface area contributed by atoms with Gasteiger partial charge in [0.2, 0.25) is 0 Å². The van der Waals surface area contributed by atoms with Gasteiger partial charge in [0.15, 0.2) is 0 Å². The lowest BCUT2D eigenvalue weighted by atomic mass is 10.1. The molecule has 5 nitrogen and oxygen atoms in total. The molecule has 124 valence electrons. The molecule has 1 aromatic carbocycles. The average molecular weight is 334 g/mol. The van der Waals surface area contributed by atoms with Crippen molar-refractivity contribution in [2.75, 3.05) is 11.1 Å². The fraction of sp³-hybridized carbons (Fsp3) is 0.353. The molecule has 0 radical (unpaired) electrons. The number of carbonyl (C=O) groups is 1. The molecule has 0 aliphatic carbocycles. The highest BCUT2D eigenvalue weighted by Gasteiger charge is 2.16. The summed E-state index contributed by atoms with van der Waals surface area (Å²) < 4.78 is 5.16. The number of para-hydroxylation sites is 1. The Morgan fingerprint density at radius 1 is 1.30 bits per heavy atom. The quantitative estimate of drug-likeness (QED) is 0.668. The Kier molecular flexibility index (Phi) is 6.55. The lowest BCUT2D eigenvalue weighted by Gasteiger charge is -2.18. The molecule has 2 unspecified atom stereocenters. The number of aliphatic hydroxyl groups is 1. The second-order valence-corrected chi connectivity index (χ2v) is 6.50. The van der Waals surface area contributed by atoms with Gasteiger partial charge in [-0.05, 0) is 36.9 Å². The van der Waals surface area contributed by atoms with Crippen molar-refractivity contribution in [2.24, 2.45) is 0 Å². The topological polar surface area (TPSA) is 74.5 Å². The number of benzene rings is 1. The van der Waals surface area contributed by atoms with E-state index in [-0.39, 0.29) is 12.1 Å². The van der Waals surface area contributed by atoms with Gasteiger partial charge >= 0.3 is 6.03 Å². The van der Waals surface area contributed by atoms with Crippen molar-refractivity contribution >= 4 is 23.5 Å². The summed E-state index contributed by atoms with van der Waals surface area (Å²) in [5, 5.41) is 15.7. The standard InChI is InChI=1S/C17H22N2O3S/c1-3-23-16-9-5-4-7-13(16)19-17(21)18-12(2)11-14(20)15-8-6-10-22-15/h4-10,12,14,20H,3,11H2,1-2H3,(H2,18,19,21). The highest BCUT2D eigenvalue weighted by Crippen LogP contribution is 2.26. The Bertz CT molecular complexity index is 616. The van der Waals surface area contributed by atoms with Crippen LogP contribution in [0.25, 0.3) is 0 Å². The highest BCUT2D eigenvalue weighted by molar-refractivity contribution is 7.99. The van der Waals surface area contributed by atoms with Crippen LogP contribution in [0.5, 0.6) is 0 Å². The van der Waals surface area contributed by atoms with Crippen molar-refractivity contribution in [3.63, 3.8) is 0 Å². The maximum absolute atomic E-state index is 12.1. The van der Waals surface area contributed by atoms with Gasteiger partial charge in [0, 0.05) is 17.4 Å². The summed E-state index contributed by atoms with van der Waals surface area (Å²) in [5.74, 6) is 1.44. The average Bonchev–Trinajstić information content (AvgIpc) is 3.03. The van der Waals surface area contributed by atoms with E-state index in [9.17, 15) is 9.90 Å². The molecular weight excluding hydrogens is 312 g/mol. The van der Waals surface area contributed by atoms with Crippen molar-refractivity contribution in [2.45, 2.75) is 37.3 Å². The van der Waals surface area contributed by atoms with Gasteiger partial charge in [-0.2, -0.15) is 0 Å². The van der Waals surface area contributed by atoms with Crippen molar-refractivity contribution in [3.05, 3.63) is 48.4 Å². The summed E-state index contributed by atoms with van der Waals surface area (Å²) in [4.78, 5) is 13.1. The lowest BCUT2D eigenvalue weighted by Crippen LogP contribution is -2.37. The molecule has 2 amide bonds. The van der Waals surface area contributed by atoms with Gasteiger partial charge in [-0.3, -0.25) is 0 Å². The number of nitrogens with one attached hydrogen (secondary N) is 2. The third-order valence-electron chi connectivity index (χ3n) is 3.26. The van der Waals surface area contributed by atoms with E-state index < -0.39 is 6.10 Å². The number of rotatable bonds is 7. The zero-order chi connectivity index (χ0) is 16.7. The van der Waals surface area contributed by atoms with E-state index in [1.165, 1.54) is 6.26 Å². The van der Waals surface area contributed by atoms with E-state index in [0.29, 0.717) is 12.2 Å². The smallest absolute Gasteiger partial charge is 0.319 e. The van der Waals surface area contributed by atoms with Gasteiger partial charge in [-0.15, -0.1) is 11.8 Å². The number of hydrogen-bond acceptors (Lipinski definition) is 4. The fourth-order valence-electron chi connectivity index (χ4n) is 2.22. The molecule has 0 saturated carbocycles. The van der Waals surface area contributed by atoms with Gasteiger partial charge in [0.05, 0.1) is 12.0 Å². The Hall–Kier alpha value is -1.92. The van der Waals surface area contributed by atoms with Crippen LogP contribution in [0.3, 0.4) is 0 Å². The van der Waals surface area contributed by atoms with E-state index in [2.05, 4.69) is 17.6 Å². The summed E-state index contributed by atoms with van der Waals surface area (Å²) in [6, 6.07) is 10.7. The Balaban J connectivity index is 1.87. The number of thioether (sulfide) groups is 1. The number of aliphatic hydroxyl groups excluding tert-OH is 1. The molecule has 0 spiro atoms. The number of amides is 2. The molecule has 0 aliphatic rings. The maximum atomic E-state index is 12.1. The van der Waals surface area contributed by atoms with Crippen LogP contribution in [0, 0.1) is 0 Å². The van der Waals surface area contributed by atoms with Crippen LogP contribution in [-0.4, -0.2) is 22.9 Å². The summed E-state index contributed by atoms with van der Waals surface area (Å²) in [5.41, 5.74) is 0.788. The van der Waals surface area contributed by atoms with Crippen molar-refractivity contribution in [3.8, 4) is 0 Å². The van der Waals surface area contributed by atoms with Crippen LogP contribution in [0.15, 0.2) is 52.0 Å². The first-order valence-electron chi connectivity index (χ1n) is 7.61. The first-order valence-corrected chi connectivity index (χ1v) is 8.59. The number of urea groups is 1. The van der Waals surface area contributed by atoms with Crippen LogP contribution in [-0.2, 0) is 0 Å². The molecule has 0 saturated heterocycles. The van der Waals surface area contributed by atoms with E-state index in [4.69, 9.17) is 4.42 Å². The minimum atomic E-state index is -0.733. The van der Waals surface area contributed by atoms with E-state index >= 15 is 0 Å². The molecule has 2 aromatic rings. The van der Waals surface area contributed by atoms with Crippen LogP contribution in [0.4, 0.5) is 10.5 Å². The first kappa shape index (κ1) is 17.4. The molecule has 0 aliphatic heterocycles. The van der Waals surface area contributed by atoms with Crippen LogP contribution < -0.4 is 10.6 Å². The Morgan fingerprint density at radius 3 is 2.78 bits per heavy atom. The zero-order valence-electron chi connectivity index (χ0n) is 13.3. The fourth-order valence-corrected chi connectivity index (χ4v) is 2.98.